The SMILES string of the molecule is Cc1ccc(OCC(=O)Nc2ccc(NC(=O)CCNC(=O)OC(C)(C)C)cc2)cc1C. The average Bonchev–Trinajstić information content (AvgIpc) is 2.69. The van der Waals surface area contributed by atoms with Gasteiger partial charge in [0.15, 0.2) is 6.61 Å². The van der Waals surface area contributed by atoms with Gasteiger partial charge in [-0.1, -0.05) is 6.07 Å². The van der Waals surface area contributed by atoms with E-state index in [0.717, 1.165) is 11.1 Å². The van der Waals surface area contributed by atoms with Gasteiger partial charge in [-0.2, -0.15) is 0 Å². The predicted molar refractivity (Wildman–Crippen MR) is 124 cm³/mol. The van der Waals surface area contributed by atoms with Crippen molar-refractivity contribution in [2.75, 3.05) is 23.8 Å². The lowest BCUT2D eigenvalue weighted by Gasteiger charge is -2.19. The summed E-state index contributed by atoms with van der Waals surface area (Å²) in [6.07, 6.45) is -0.458. The molecule has 0 radical (unpaired) electrons. The van der Waals surface area contributed by atoms with Gasteiger partial charge in [0.25, 0.3) is 5.91 Å². The quantitative estimate of drug-likeness (QED) is 0.570. The Kier molecular flexibility index (Phi) is 8.63. The van der Waals surface area contributed by atoms with Crippen LogP contribution in [0.3, 0.4) is 0 Å². The summed E-state index contributed by atoms with van der Waals surface area (Å²) >= 11 is 0. The largest absolute Gasteiger partial charge is 0.484 e. The predicted octanol–water partition coefficient (Wildman–Crippen LogP) is 4.17. The van der Waals surface area contributed by atoms with E-state index in [1.807, 2.05) is 32.0 Å². The van der Waals surface area contributed by atoms with Crippen molar-refractivity contribution in [2.24, 2.45) is 0 Å². The number of aryl methyl sites for hydroxylation is 2. The molecule has 32 heavy (non-hydrogen) atoms. The fraction of sp³-hybridized carbons (Fsp3) is 0.375. The first-order valence-corrected chi connectivity index (χ1v) is 10.4. The maximum atomic E-state index is 12.1. The van der Waals surface area contributed by atoms with Crippen LogP contribution in [0.2, 0.25) is 0 Å². The first-order valence-electron chi connectivity index (χ1n) is 10.4. The van der Waals surface area contributed by atoms with Gasteiger partial charge in [-0.15, -0.1) is 0 Å². The highest BCUT2D eigenvalue weighted by Crippen LogP contribution is 2.17. The number of nitrogens with one attached hydrogen (secondary N) is 3. The van der Waals surface area contributed by atoms with Crippen LogP contribution in [-0.2, 0) is 14.3 Å². The number of anilines is 2. The molecule has 2 rings (SSSR count). The summed E-state index contributed by atoms with van der Waals surface area (Å²) in [5.41, 5.74) is 2.84. The van der Waals surface area contributed by atoms with Gasteiger partial charge in [-0.25, -0.2) is 4.79 Å². The number of rotatable bonds is 8. The lowest BCUT2D eigenvalue weighted by molar-refractivity contribution is -0.118. The second-order valence-electron chi connectivity index (χ2n) is 8.39. The summed E-state index contributed by atoms with van der Waals surface area (Å²) in [5.74, 6) is 0.107. The maximum Gasteiger partial charge on any atom is 0.407 e. The molecule has 0 heterocycles. The van der Waals surface area contributed by atoms with Crippen molar-refractivity contribution in [3.63, 3.8) is 0 Å². The summed E-state index contributed by atoms with van der Waals surface area (Å²) in [6.45, 7) is 9.36. The van der Waals surface area contributed by atoms with E-state index in [1.54, 1.807) is 45.0 Å². The van der Waals surface area contributed by atoms with Crippen LogP contribution in [0.4, 0.5) is 16.2 Å². The second kappa shape index (κ2) is 11.2. The van der Waals surface area contributed by atoms with Gasteiger partial charge in [-0.05, 0) is 82.1 Å². The number of ether oxygens (including phenoxy) is 2. The van der Waals surface area contributed by atoms with Crippen LogP contribution in [-0.4, -0.2) is 36.7 Å². The molecule has 0 fully saturated rings. The molecule has 8 nitrogen and oxygen atoms in total. The van der Waals surface area contributed by atoms with E-state index in [4.69, 9.17) is 9.47 Å². The van der Waals surface area contributed by atoms with Gasteiger partial charge < -0.3 is 25.4 Å². The van der Waals surface area contributed by atoms with E-state index in [0.29, 0.717) is 17.1 Å². The lowest BCUT2D eigenvalue weighted by Crippen LogP contribution is -2.34. The maximum absolute atomic E-state index is 12.1. The highest BCUT2D eigenvalue weighted by atomic mass is 16.6. The Balaban J connectivity index is 1.72. The van der Waals surface area contributed by atoms with E-state index in [9.17, 15) is 14.4 Å². The van der Waals surface area contributed by atoms with Crippen LogP contribution in [0.25, 0.3) is 0 Å². The lowest BCUT2D eigenvalue weighted by atomic mass is 10.1. The van der Waals surface area contributed by atoms with Gasteiger partial charge in [-0.3, -0.25) is 9.59 Å². The van der Waals surface area contributed by atoms with Crippen molar-refractivity contribution in [3.05, 3.63) is 53.6 Å². The number of amides is 3. The normalized spacial score (nSPS) is 10.8. The minimum atomic E-state index is -0.588. The molecule has 0 bridgehead atoms. The third kappa shape index (κ3) is 9.07. The minimum Gasteiger partial charge on any atom is -0.484 e. The zero-order valence-electron chi connectivity index (χ0n) is 19.2. The number of benzene rings is 2. The molecule has 0 saturated carbocycles. The third-order valence-electron chi connectivity index (χ3n) is 4.32. The molecule has 2 aromatic rings. The number of hydrogen-bond donors (Lipinski definition) is 3. The Bertz CT molecular complexity index is 949. The van der Waals surface area contributed by atoms with E-state index >= 15 is 0 Å². The summed E-state index contributed by atoms with van der Waals surface area (Å²) in [6, 6.07) is 12.4. The molecule has 172 valence electrons. The highest BCUT2D eigenvalue weighted by molar-refractivity contribution is 5.93. The molecular weight excluding hydrogens is 410 g/mol. The van der Waals surface area contributed by atoms with E-state index in [-0.39, 0.29) is 31.4 Å². The molecule has 0 saturated heterocycles. The van der Waals surface area contributed by atoms with Gasteiger partial charge in [0.05, 0.1) is 0 Å². The average molecular weight is 442 g/mol. The first kappa shape index (κ1) is 24.7. The Morgan fingerprint density at radius 2 is 1.44 bits per heavy atom. The number of hydrogen-bond acceptors (Lipinski definition) is 5. The smallest absolute Gasteiger partial charge is 0.407 e. The molecule has 3 N–H and O–H groups in total. The van der Waals surface area contributed by atoms with Crippen LogP contribution < -0.4 is 20.7 Å². The zero-order valence-corrected chi connectivity index (χ0v) is 19.2. The Morgan fingerprint density at radius 3 is 2.00 bits per heavy atom. The fourth-order valence-electron chi connectivity index (χ4n) is 2.60. The van der Waals surface area contributed by atoms with Crippen molar-refractivity contribution in [3.8, 4) is 5.75 Å². The molecule has 2 aromatic carbocycles. The Hall–Kier alpha value is -3.55. The van der Waals surface area contributed by atoms with E-state index in [1.165, 1.54) is 0 Å². The van der Waals surface area contributed by atoms with Gasteiger partial charge in [0.1, 0.15) is 11.4 Å². The number of alkyl carbamates (subject to hydrolysis) is 1. The van der Waals surface area contributed by atoms with Gasteiger partial charge >= 0.3 is 6.09 Å². The zero-order chi connectivity index (χ0) is 23.7. The summed E-state index contributed by atoms with van der Waals surface area (Å²) in [4.78, 5) is 35.7. The molecule has 8 heteroatoms. The van der Waals surface area contributed by atoms with Crippen molar-refractivity contribution in [1.82, 2.24) is 5.32 Å². The standard InChI is InChI=1S/C24H31N3O5/c1-16-6-11-20(14-17(16)2)31-15-22(29)27-19-9-7-18(8-10-19)26-21(28)12-13-25-23(30)32-24(3,4)5/h6-11,14H,12-13,15H2,1-5H3,(H,25,30)(H,26,28)(H,27,29). The molecule has 0 spiro atoms. The van der Waals surface area contributed by atoms with Gasteiger partial charge in [0.2, 0.25) is 5.91 Å². The highest BCUT2D eigenvalue weighted by Gasteiger charge is 2.16. The van der Waals surface area contributed by atoms with Crippen molar-refractivity contribution < 1.29 is 23.9 Å². The molecule has 0 aromatic heterocycles. The molecule has 0 aliphatic heterocycles. The fourth-order valence-corrected chi connectivity index (χ4v) is 2.60. The van der Waals surface area contributed by atoms with E-state index in [2.05, 4.69) is 16.0 Å². The first-order chi connectivity index (χ1) is 15.0. The topological polar surface area (TPSA) is 106 Å². The van der Waals surface area contributed by atoms with Crippen molar-refractivity contribution in [2.45, 2.75) is 46.6 Å². The summed E-state index contributed by atoms with van der Waals surface area (Å²) in [7, 11) is 0. The molecule has 0 aliphatic rings. The van der Waals surface area contributed by atoms with Crippen molar-refractivity contribution in [1.29, 1.82) is 0 Å². The molecule has 3 amide bonds. The van der Waals surface area contributed by atoms with Crippen molar-refractivity contribution >= 4 is 29.3 Å². The Labute approximate surface area is 188 Å². The van der Waals surface area contributed by atoms with Crippen LogP contribution in [0, 0.1) is 13.8 Å². The van der Waals surface area contributed by atoms with E-state index < -0.39 is 11.7 Å². The third-order valence-corrected chi connectivity index (χ3v) is 4.32. The van der Waals surface area contributed by atoms with Crippen LogP contribution in [0.5, 0.6) is 5.75 Å². The van der Waals surface area contributed by atoms with Crippen LogP contribution >= 0.6 is 0 Å². The number of carbonyl (C=O) groups excluding carboxylic acids is 3. The molecule has 0 aliphatic carbocycles. The number of carbonyl (C=O) groups is 3. The molecular formula is C24H31N3O5. The Morgan fingerprint density at radius 1 is 0.844 bits per heavy atom. The summed E-state index contributed by atoms with van der Waals surface area (Å²) in [5, 5.41) is 8.01. The summed E-state index contributed by atoms with van der Waals surface area (Å²) < 4.78 is 10.6. The monoisotopic (exact) mass is 441 g/mol. The van der Waals surface area contributed by atoms with Crippen LogP contribution in [0.15, 0.2) is 42.5 Å². The second-order valence-corrected chi connectivity index (χ2v) is 8.39. The van der Waals surface area contributed by atoms with Crippen LogP contribution in [0.1, 0.15) is 38.3 Å². The minimum absolute atomic E-state index is 0.105. The molecule has 0 atom stereocenters. The molecule has 0 unspecified atom stereocenters. The van der Waals surface area contributed by atoms with Gasteiger partial charge in [0, 0.05) is 24.3 Å².